The number of carbonyl (C=O) groups excluding carboxylic acids is 1. The van der Waals surface area contributed by atoms with Gasteiger partial charge in [-0.3, -0.25) is 9.69 Å². The molecule has 0 unspecified atom stereocenters. The van der Waals surface area contributed by atoms with Crippen molar-refractivity contribution in [1.82, 2.24) is 15.2 Å². The number of benzene rings is 1. The minimum Gasteiger partial charge on any atom is -0.379 e. The van der Waals surface area contributed by atoms with Crippen molar-refractivity contribution in [2.75, 3.05) is 44.3 Å². The molecular weight excluding hydrogens is 421 g/mol. The smallest absolute Gasteiger partial charge is 0.379 e. The second kappa shape index (κ2) is 9.87. The molecule has 1 N–H and O–H groups in total. The molecule has 2 aromatic rings. The van der Waals surface area contributed by atoms with E-state index in [-0.39, 0.29) is 12.5 Å². The molecule has 0 aliphatic carbocycles. The van der Waals surface area contributed by atoms with E-state index in [0.29, 0.717) is 17.2 Å². The summed E-state index contributed by atoms with van der Waals surface area (Å²) in [7, 11) is 0. The number of aromatic nitrogens is 1. The number of rotatable bonds is 5. The quantitative estimate of drug-likeness (QED) is 0.761. The summed E-state index contributed by atoms with van der Waals surface area (Å²) in [4.78, 5) is 21.7. The number of alkyl halides is 3. The topological polar surface area (TPSA) is 57.7 Å². The van der Waals surface area contributed by atoms with Crippen molar-refractivity contribution >= 4 is 11.7 Å². The van der Waals surface area contributed by atoms with Gasteiger partial charge in [-0.15, -0.1) is 0 Å². The molecule has 0 radical (unpaired) electrons. The average molecular weight is 448 g/mol. The fourth-order valence-corrected chi connectivity index (χ4v) is 4.28. The predicted molar refractivity (Wildman–Crippen MR) is 114 cm³/mol. The zero-order valence-electron chi connectivity index (χ0n) is 17.8. The van der Waals surface area contributed by atoms with E-state index in [1.54, 1.807) is 24.4 Å². The number of amides is 1. The molecule has 172 valence electrons. The van der Waals surface area contributed by atoms with Gasteiger partial charge in [0, 0.05) is 50.5 Å². The maximum absolute atomic E-state index is 12.9. The molecule has 2 aliphatic rings. The SMILES string of the molecule is O=C(NCc1cccc(C(F)(F)F)c1)c1ccnc(N2CCC(N3CCOCC3)CC2)c1. The number of ether oxygens (including phenoxy) is 1. The van der Waals surface area contributed by atoms with E-state index in [1.165, 1.54) is 6.07 Å². The minimum absolute atomic E-state index is 0.0192. The number of halogens is 3. The van der Waals surface area contributed by atoms with Gasteiger partial charge in [-0.25, -0.2) is 4.98 Å². The third-order valence-electron chi connectivity index (χ3n) is 6.07. The molecule has 2 fully saturated rings. The largest absolute Gasteiger partial charge is 0.416 e. The normalized spacial score (nSPS) is 18.5. The lowest BCUT2D eigenvalue weighted by molar-refractivity contribution is -0.137. The summed E-state index contributed by atoms with van der Waals surface area (Å²) in [5, 5.41) is 2.70. The van der Waals surface area contributed by atoms with Crippen LogP contribution in [-0.2, 0) is 17.5 Å². The summed E-state index contributed by atoms with van der Waals surface area (Å²) >= 11 is 0. The van der Waals surface area contributed by atoms with Crippen LogP contribution in [0.4, 0.5) is 19.0 Å². The van der Waals surface area contributed by atoms with E-state index < -0.39 is 11.7 Å². The highest BCUT2D eigenvalue weighted by atomic mass is 19.4. The third kappa shape index (κ3) is 5.58. The van der Waals surface area contributed by atoms with Gasteiger partial charge in [0.1, 0.15) is 5.82 Å². The Morgan fingerprint density at radius 1 is 1.09 bits per heavy atom. The molecule has 2 saturated heterocycles. The van der Waals surface area contributed by atoms with Crippen molar-refractivity contribution in [3.63, 3.8) is 0 Å². The summed E-state index contributed by atoms with van der Waals surface area (Å²) in [6.07, 6.45) is -0.737. The van der Waals surface area contributed by atoms with Crippen LogP contribution < -0.4 is 10.2 Å². The fraction of sp³-hybridized carbons (Fsp3) is 0.478. The summed E-state index contributed by atoms with van der Waals surface area (Å²) < 4.78 is 44.1. The number of hydrogen-bond donors (Lipinski definition) is 1. The second-order valence-electron chi connectivity index (χ2n) is 8.15. The van der Waals surface area contributed by atoms with Crippen molar-refractivity contribution in [3.05, 3.63) is 59.3 Å². The molecule has 1 amide bonds. The highest BCUT2D eigenvalue weighted by molar-refractivity contribution is 5.94. The van der Waals surface area contributed by atoms with E-state index in [1.807, 2.05) is 0 Å². The molecule has 4 rings (SSSR count). The first-order valence-electron chi connectivity index (χ1n) is 10.9. The maximum Gasteiger partial charge on any atom is 0.416 e. The van der Waals surface area contributed by atoms with Gasteiger partial charge in [0.15, 0.2) is 0 Å². The molecule has 6 nitrogen and oxygen atoms in total. The summed E-state index contributed by atoms with van der Waals surface area (Å²) in [6.45, 7) is 5.29. The van der Waals surface area contributed by atoms with Gasteiger partial charge in [-0.2, -0.15) is 13.2 Å². The zero-order valence-corrected chi connectivity index (χ0v) is 17.8. The highest BCUT2D eigenvalue weighted by Gasteiger charge is 2.30. The van der Waals surface area contributed by atoms with Crippen LogP contribution in [0.25, 0.3) is 0 Å². The zero-order chi connectivity index (χ0) is 22.6. The van der Waals surface area contributed by atoms with Crippen LogP contribution in [0.3, 0.4) is 0 Å². The van der Waals surface area contributed by atoms with Crippen LogP contribution in [0.15, 0.2) is 42.6 Å². The van der Waals surface area contributed by atoms with Crippen molar-refractivity contribution in [2.45, 2.75) is 31.6 Å². The molecule has 32 heavy (non-hydrogen) atoms. The number of pyridine rings is 1. The Morgan fingerprint density at radius 3 is 2.56 bits per heavy atom. The van der Waals surface area contributed by atoms with Gasteiger partial charge in [0.2, 0.25) is 0 Å². The third-order valence-corrected chi connectivity index (χ3v) is 6.07. The predicted octanol–water partition coefficient (Wildman–Crippen LogP) is 3.33. The molecular formula is C23H27F3N4O2. The van der Waals surface area contributed by atoms with E-state index in [9.17, 15) is 18.0 Å². The number of nitrogens with zero attached hydrogens (tertiary/aromatic N) is 3. The lowest BCUT2D eigenvalue weighted by Crippen LogP contribution is -2.49. The number of nitrogens with one attached hydrogen (secondary N) is 1. The molecule has 3 heterocycles. The van der Waals surface area contributed by atoms with Crippen LogP contribution in [0, 0.1) is 0 Å². The first-order valence-corrected chi connectivity index (χ1v) is 10.9. The van der Waals surface area contributed by atoms with Crippen LogP contribution in [0.5, 0.6) is 0 Å². The van der Waals surface area contributed by atoms with Crippen LogP contribution in [0.2, 0.25) is 0 Å². The Morgan fingerprint density at radius 2 is 1.84 bits per heavy atom. The standard InChI is InChI=1S/C23H27F3N4O2/c24-23(25,26)19-3-1-2-17(14-19)16-28-22(31)18-4-7-27-21(15-18)30-8-5-20(6-9-30)29-10-12-32-13-11-29/h1-4,7,14-15,20H,5-6,8-13,16H2,(H,28,31). The number of hydrogen-bond acceptors (Lipinski definition) is 5. The fourth-order valence-electron chi connectivity index (χ4n) is 4.28. The second-order valence-corrected chi connectivity index (χ2v) is 8.15. The van der Waals surface area contributed by atoms with Gasteiger partial charge < -0.3 is 15.0 Å². The van der Waals surface area contributed by atoms with E-state index >= 15 is 0 Å². The Labute approximate surface area is 185 Å². The van der Waals surface area contributed by atoms with Gasteiger partial charge >= 0.3 is 6.18 Å². The number of morpholine rings is 1. The van der Waals surface area contributed by atoms with Gasteiger partial charge in [-0.05, 0) is 42.7 Å². The molecule has 0 spiro atoms. The lowest BCUT2D eigenvalue weighted by atomic mass is 10.0. The Kier molecular flexibility index (Phi) is 6.95. The van der Waals surface area contributed by atoms with Crippen LogP contribution >= 0.6 is 0 Å². The average Bonchev–Trinajstić information content (AvgIpc) is 2.83. The van der Waals surface area contributed by atoms with Crippen molar-refractivity contribution in [3.8, 4) is 0 Å². The molecule has 0 atom stereocenters. The van der Waals surface area contributed by atoms with Crippen molar-refractivity contribution in [2.24, 2.45) is 0 Å². The van der Waals surface area contributed by atoms with Crippen LogP contribution in [-0.4, -0.2) is 61.2 Å². The molecule has 0 saturated carbocycles. The summed E-state index contributed by atoms with van der Waals surface area (Å²) in [6, 6.07) is 8.89. The van der Waals surface area contributed by atoms with E-state index in [0.717, 1.165) is 70.2 Å². The maximum atomic E-state index is 12.9. The monoisotopic (exact) mass is 448 g/mol. The van der Waals surface area contributed by atoms with E-state index in [2.05, 4.69) is 20.1 Å². The molecule has 1 aromatic heterocycles. The van der Waals surface area contributed by atoms with E-state index in [4.69, 9.17) is 4.74 Å². The summed E-state index contributed by atoms with van der Waals surface area (Å²) in [5.74, 6) is 0.409. The van der Waals surface area contributed by atoms with Crippen molar-refractivity contribution in [1.29, 1.82) is 0 Å². The van der Waals surface area contributed by atoms with Crippen LogP contribution in [0.1, 0.15) is 34.3 Å². The number of anilines is 1. The summed E-state index contributed by atoms with van der Waals surface area (Å²) in [5.41, 5.74) is 0.112. The Bertz CT molecular complexity index is 923. The van der Waals surface area contributed by atoms with Gasteiger partial charge in [0.05, 0.1) is 18.8 Å². The molecule has 1 aromatic carbocycles. The van der Waals surface area contributed by atoms with Gasteiger partial charge in [0.25, 0.3) is 5.91 Å². The first-order chi connectivity index (χ1) is 15.4. The number of carbonyl (C=O) groups is 1. The molecule has 9 heteroatoms. The first kappa shape index (κ1) is 22.5. The Hall–Kier alpha value is -2.65. The Balaban J connectivity index is 1.33. The molecule has 2 aliphatic heterocycles. The lowest BCUT2D eigenvalue weighted by Gasteiger charge is -2.40. The molecule has 0 bridgehead atoms. The highest BCUT2D eigenvalue weighted by Crippen LogP contribution is 2.29. The number of piperidine rings is 1. The van der Waals surface area contributed by atoms with Gasteiger partial charge in [-0.1, -0.05) is 12.1 Å². The van der Waals surface area contributed by atoms with Crippen molar-refractivity contribution < 1.29 is 22.7 Å². The minimum atomic E-state index is -4.41.